The lowest BCUT2D eigenvalue weighted by Gasteiger charge is -2.38. The first-order valence-corrected chi connectivity index (χ1v) is 7.62. The molecule has 1 heterocycles. The van der Waals surface area contributed by atoms with Crippen molar-refractivity contribution in [3.63, 3.8) is 0 Å². The normalized spacial score (nSPS) is 24.9. The lowest BCUT2D eigenvalue weighted by molar-refractivity contribution is -0.384. The van der Waals surface area contributed by atoms with E-state index in [9.17, 15) is 10.1 Å². The second kappa shape index (κ2) is 5.17. The Kier molecular flexibility index (Phi) is 3.50. The maximum Gasteiger partial charge on any atom is 0.269 e. The van der Waals surface area contributed by atoms with Gasteiger partial charge < -0.3 is 5.32 Å². The van der Waals surface area contributed by atoms with Gasteiger partial charge in [0.15, 0.2) is 0 Å². The van der Waals surface area contributed by atoms with E-state index < -0.39 is 0 Å². The maximum absolute atomic E-state index is 10.9. The molecule has 0 unspecified atom stereocenters. The van der Waals surface area contributed by atoms with Crippen molar-refractivity contribution < 1.29 is 4.92 Å². The van der Waals surface area contributed by atoms with E-state index in [2.05, 4.69) is 12.2 Å². The molecule has 0 aromatic heterocycles. The molecule has 1 aromatic rings. The van der Waals surface area contributed by atoms with Gasteiger partial charge in [-0.3, -0.25) is 10.1 Å². The summed E-state index contributed by atoms with van der Waals surface area (Å²) in [5.41, 5.74) is 2.85. The SMILES string of the molecule is C[C@@H]1CC2(CCCCC2)NCc2cc([N+](=O)[O-])ccc21. The molecule has 1 atom stereocenters. The molecular weight excluding hydrogens is 252 g/mol. The number of rotatable bonds is 1. The Hall–Kier alpha value is -1.42. The van der Waals surface area contributed by atoms with E-state index in [-0.39, 0.29) is 16.1 Å². The Morgan fingerprint density at radius 3 is 2.75 bits per heavy atom. The molecule has 2 aliphatic rings. The van der Waals surface area contributed by atoms with Crippen LogP contribution in [-0.2, 0) is 6.54 Å². The predicted octanol–water partition coefficient (Wildman–Crippen LogP) is 3.89. The molecule has 1 aliphatic heterocycles. The summed E-state index contributed by atoms with van der Waals surface area (Å²) in [5.74, 6) is 0.471. The van der Waals surface area contributed by atoms with Crippen LogP contribution in [0.25, 0.3) is 0 Å². The highest BCUT2D eigenvalue weighted by Gasteiger charge is 2.36. The van der Waals surface area contributed by atoms with E-state index in [1.165, 1.54) is 37.7 Å². The molecule has 0 radical (unpaired) electrons. The highest BCUT2D eigenvalue weighted by molar-refractivity contribution is 5.42. The van der Waals surface area contributed by atoms with Gasteiger partial charge in [-0.1, -0.05) is 32.3 Å². The topological polar surface area (TPSA) is 55.2 Å². The smallest absolute Gasteiger partial charge is 0.269 e. The van der Waals surface area contributed by atoms with Crippen molar-refractivity contribution in [2.45, 2.75) is 63.5 Å². The first-order valence-electron chi connectivity index (χ1n) is 7.62. The number of benzene rings is 1. The van der Waals surface area contributed by atoms with E-state index in [4.69, 9.17) is 0 Å². The van der Waals surface area contributed by atoms with Gasteiger partial charge in [0.25, 0.3) is 5.69 Å². The lowest BCUT2D eigenvalue weighted by Crippen LogP contribution is -2.45. The van der Waals surface area contributed by atoms with Gasteiger partial charge in [0.05, 0.1) is 4.92 Å². The van der Waals surface area contributed by atoms with Gasteiger partial charge in [-0.2, -0.15) is 0 Å². The van der Waals surface area contributed by atoms with E-state index in [0.717, 1.165) is 18.5 Å². The van der Waals surface area contributed by atoms with Crippen LogP contribution in [0.5, 0.6) is 0 Å². The minimum atomic E-state index is -0.299. The molecule has 108 valence electrons. The van der Waals surface area contributed by atoms with Crippen molar-refractivity contribution >= 4 is 5.69 Å². The molecule has 1 fully saturated rings. The molecule has 1 saturated carbocycles. The molecule has 20 heavy (non-hydrogen) atoms. The van der Waals surface area contributed by atoms with Crippen molar-refractivity contribution in [2.75, 3.05) is 0 Å². The van der Waals surface area contributed by atoms with Crippen LogP contribution in [0.4, 0.5) is 5.69 Å². The summed E-state index contributed by atoms with van der Waals surface area (Å²) in [6.45, 7) is 3.02. The molecule has 4 nitrogen and oxygen atoms in total. The van der Waals surface area contributed by atoms with Crippen LogP contribution in [-0.4, -0.2) is 10.5 Å². The van der Waals surface area contributed by atoms with Crippen molar-refractivity contribution in [1.29, 1.82) is 0 Å². The van der Waals surface area contributed by atoms with Gasteiger partial charge in [-0.05, 0) is 36.3 Å². The molecule has 0 amide bonds. The standard InChI is InChI=1S/C16H22N2O2/c1-12-10-16(7-3-2-4-8-16)17-11-13-9-14(18(19)20)5-6-15(12)13/h5-6,9,12,17H,2-4,7-8,10-11H2,1H3/t12-/m1/s1. The Labute approximate surface area is 119 Å². The summed E-state index contributed by atoms with van der Waals surface area (Å²) >= 11 is 0. The van der Waals surface area contributed by atoms with Crippen LogP contribution >= 0.6 is 0 Å². The van der Waals surface area contributed by atoms with E-state index >= 15 is 0 Å². The zero-order chi connectivity index (χ0) is 14.2. The highest BCUT2D eigenvalue weighted by atomic mass is 16.6. The second-order valence-corrected chi connectivity index (χ2v) is 6.44. The molecule has 1 spiro atoms. The fourth-order valence-electron chi connectivity index (χ4n) is 4.00. The molecule has 1 aliphatic carbocycles. The Balaban J connectivity index is 1.90. The van der Waals surface area contributed by atoms with E-state index in [1.807, 2.05) is 6.07 Å². The number of hydrogen-bond donors (Lipinski definition) is 1. The number of nitrogens with zero attached hydrogens (tertiary/aromatic N) is 1. The molecule has 0 saturated heterocycles. The van der Waals surface area contributed by atoms with Crippen LogP contribution in [0.15, 0.2) is 18.2 Å². The van der Waals surface area contributed by atoms with Crippen LogP contribution in [0.1, 0.15) is 62.5 Å². The minimum Gasteiger partial charge on any atom is -0.307 e. The van der Waals surface area contributed by atoms with E-state index in [0.29, 0.717) is 5.92 Å². The van der Waals surface area contributed by atoms with Crippen molar-refractivity contribution in [3.05, 3.63) is 39.4 Å². The third kappa shape index (κ3) is 2.44. The third-order valence-electron chi connectivity index (χ3n) is 5.03. The van der Waals surface area contributed by atoms with Gasteiger partial charge in [0.2, 0.25) is 0 Å². The van der Waals surface area contributed by atoms with E-state index in [1.54, 1.807) is 12.1 Å². The first-order chi connectivity index (χ1) is 9.60. The third-order valence-corrected chi connectivity index (χ3v) is 5.03. The molecule has 1 aromatic carbocycles. The predicted molar refractivity (Wildman–Crippen MR) is 78.8 cm³/mol. The number of nitro benzene ring substituents is 1. The Morgan fingerprint density at radius 2 is 2.05 bits per heavy atom. The van der Waals surface area contributed by atoms with Crippen LogP contribution in [0, 0.1) is 10.1 Å². The fraction of sp³-hybridized carbons (Fsp3) is 0.625. The number of nitro groups is 1. The molecule has 4 heteroatoms. The molecule has 3 rings (SSSR count). The number of non-ortho nitro benzene ring substituents is 1. The van der Waals surface area contributed by atoms with Gasteiger partial charge in [0.1, 0.15) is 0 Å². The highest BCUT2D eigenvalue weighted by Crippen LogP contribution is 2.40. The summed E-state index contributed by atoms with van der Waals surface area (Å²) in [7, 11) is 0. The van der Waals surface area contributed by atoms with Crippen molar-refractivity contribution in [1.82, 2.24) is 5.32 Å². The average molecular weight is 274 g/mol. The Bertz CT molecular complexity index is 521. The summed E-state index contributed by atoms with van der Waals surface area (Å²) in [5, 5.41) is 14.7. The summed E-state index contributed by atoms with van der Waals surface area (Å²) in [6, 6.07) is 5.36. The monoisotopic (exact) mass is 274 g/mol. The first kappa shape index (κ1) is 13.6. The zero-order valence-corrected chi connectivity index (χ0v) is 12.0. The summed E-state index contributed by atoms with van der Waals surface area (Å²) in [4.78, 5) is 10.6. The van der Waals surface area contributed by atoms with Gasteiger partial charge in [-0.25, -0.2) is 0 Å². The number of hydrogen-bond acceptors (Lipinski definition) is 3. The fourth-order valence-corrected chi connectivity index (χ4v) is 4.00. The number of fused-ring (bicyclic) bond motifs is 1. The maximum atomic E-state index is 10.9. The second-order valence-electron chi connectivity index (χ2n) is 6.44. The van der Waals surface area contributed by atoms with Crippen molar-refractivity contribution in [2.24, 2.45) is 0 Å². The summed E-state index contributed by atoms with van der Waals surface area (Å²) in [6.07, 6.45) is 7.58. The summed E-state index contributed by atoms with van der Waals surface area (Å²) < 4.78 is 0. The largest absolute Gasteiger partial charge is 0.307 e. The average Bonchev–Trinajstić information content (AvgIpc) is 2.57. The minimum absolute atomic E-state index is 0.206. The number of nitrogens with one attached hydrogen (secondary N) is 1. The quantitative estimate of drug-likeness (QED) is 0.624. The Morgan fingerprint density at radius 1 is 1.30 bits per heavy atom. The van der Waals surface area contributed by atoms with Gasteiger partial charge >= 0.3 is 0 Å². The molecule has 0 bridgehead atoms. The van der Waals surface area contributed by atoms with Crippen LogP contribution in [0.2, 0.25) is 0 Å². The molecular formula is C16H22N2O2. The van der Waals surface area contributed by atoms with Gasteiger partial charge in [0, 0.05) is 24.2 Å². The van der Waals surface area contributed by atoms with Crippen molar-refractivity contribution in [3.8, 4) is 0 Å². The van der Waals surface area contributed by atoms with Crippen LogP contribution in [0.3, 0.4) is 0 Å². The van der Waals surface area contributed by atoms with Gasteiger partial charge in [-0.15, -0.1) is 0 Å². The van der Waals surface area contributed by atoms with Crippen LogP contribution < -0.4 is 5.32 Å². The zero-order valence-electron chi connectivity index (χ0n) is 12.0. The molecule has 1 N–H and O–H groups in total. The lowest BCUT2D eigenvalue weighted by atomic mass is 9.75.